The highest BCUT2D eigenvalue weighted by Gasteiger charge is 2.16. The third kappa shape index (κ3) is 2.04. The lowest BCUT2D eigenvalue weighted by molar-refractivity contribution is -0.384. The number of H-pyrrole nitrogens is 1. The van der Waals surface area contributed by atoms with Crippen molar-refractivity contribution >= 4 is 11.5 Å². The summed E-state index contributed by atoms with van der Waals surface area (Å²) in [5.74, 6) is 0.660. The number of nitro benzene ring substituents is 1. The number of aromatic nitrogens is 2. The first-order valence-corrected chi connectivity index (χ1v) is 5.59. The number of non-ortho nitro benzene ring substituents is 1. The zero-order chi connectivity index (χ0) is 13.3. The molecule has 0 radical (unpaired) electrons. The number of hydrogen-bond donors (Lipinski definition) is 2. The quantitative estimate of drug-likeness (QED) is 0.642. The predicted octanol–water partition coefficient (Wildman–Crippen LogP) is 2.69. The van der Waals surface area contributed by atoms with Crippen molar-refractivity contribution in [3.63, 3.8) is 0 Å². The Hall–Kier alpha value is -2.37. The van der Waals surface area contributed by atoms with Gasteiger partial charge >= 0.3 is 0 Å². The number of anilines is 1. The summed E-state index contributed by atoms with van der Waals surface area (Å²) in [5, 5.41) is 17.5. The Morgan fingerprint density at radius 2 is 1.94 bits per heavy atom. The van der Waals surface area contributed by atoms with Gasteiger partial charge < -0.3 is 5.73 Å². The van der Waals surface area contributed by atoms with E-state index in [1.165, 1.54) is 12.1 Å². The molecule has 0 spiro atoms. The first kappa shape index (κ1) is 12.1. The molecule has 3 N–H and O–H groups in total. The molecule has 0 aliphatic heterocycles. The van der Waals surface area contributed by atoms with Gasteiger partial charge in [0.2, 0.25) is 0 Å². The van der Waals surface area contributed by atoms with Crippen LogP contribution in [0.25, 0.3) is 11.1 Å². The maximum Gasteiger partial charge on any atom is 0.269 e. The number of nitrogens with one attached hydrogen (secondary N) is 1. The van der Waals surface area contributed by atoms with Crippen molar-refractivity contribution in [2.45, 2.75) is 19.8 Å². The van der Waals surface area contributed by atoms with Crippen LogP contribution in [-0.2, 0) is 0 Å². The minimum absolute atomic E-state index is 0.0620. The molecule has 1 heterocycles. The average molecular weight is 246 g/mol. The van der Waals surface area contributed by atoms with Crippen LogP contribution in [0.1, 0.15) is 25.5 Å². The van der Waals surface area contributed by atoms with Crippen LogP contribution in [0.3, 0.4) is 0 Å². The lowest BCUT2D eigenvalue weighted by atomic mass is 9.99. The highest BCUT2D eigenvalue weighted by atomic mass is 16.6. The van der Waals surface area contributed by atoms with E-state index in [9.17, 15) is 10.1 Å². The highest BCUT2D eigenvalue weighted by Crippen LogP contribution is 2.32. The lowest BCUT2D eigenvalue weighted by Crippen LogP contribution is -1.93. The first-order chi connectivity index (χ1) is 8.50. The summed E-state index contributed by atoms with van der Waals surface area (Å²) in [6.07, 6.45) is 0. The van der Waals surface area contributed by atoms with Crippen molar-refractivity contribution in [1.82, 2.24) is 10.2 Å². The molecule has 0 unspecified atom stereocenters. The van der Waals surface area contributed by atoms with Crippen LogP contribution in [0.2, 0.25) is 0 Å². The molecule has 0 saturated carbocycles. The molecule has 2 rings (SSSR count). The molecule has 2 aromatic rings. The molecule has 0 saturated heterocycles. The average Bonchev–Trinajstić information content (AvgIpc) is 2.71. The topological polar surface area (TPSA) is 97.8 Å². The van der Waals surface area contributed by atoms with Gasteiger partial charge in [-0.3, -0.25) is 15.2 Å². The van der Waals surface area contributed by atoms with Crippen LogP contribution in [-0.4, -0.2) is 15.1 Å². The third-order valence-corrected chi connectivity index (χ3v) is 2.77. The summed E-state index contributed by atoms with van der Waals surface area (Å²) >= 11 is 0. The molecule has 1 aromatic carbocycles. The zero-order valence-electron chi connectivity index (χ0n) is 10.2. The standard InChI is InChI=1S/C12H14N4O2/c1-7(2)11-10(12(13)15-14-11)8-3-5-9(6-4-8)16(17)18/h3-7H,1-2H3,(H3,13,14,15). The predicted molar refractivity (Wildman–Crippen MR) is 69.2 cm³/mol. The minimum Gasteiger partial charge on any atom is -0.382 e. The second kappa shape index (κ2) is 4.48. The van der Waals surface area contributed by atoms with E-state index >= 15 is 0 Å². The van der Waals surface area contributed by atoms with Crippen LogP contribution < -0.4 is 5.73 Å². The highest BCUT2D eigenvalue weighted by molar-refractivity contribution is 5.77. The molecule has 6 nitrogen and oxygen atoms in total. The van der Waals surface area contributed by atoms with E-state index in [4.69, 9.17) is 5.73 Å². The summed E-state index contributed by atoms with van der Waals surface area (Å²) in [4.78, 5) is 10.2. The molecule has 1 aromatic heterocycles. The van der Waals surface area contributed by atoms with Crippen molar-refractivity contribution < 1.29 is 4.92 Å². The molecular weight excluding hydrogens is 232 g/mol. The van der Waals surface area contributed by atoms with E-state index in [2.05, 4.69) is 10.2 Å². The lowest BCUT2D eigenvalue weighted by Gasteiger charge is -2.06. The minimum atomic E-state index is -0.425. The fourth-order valence-corrected chi connectivity index (χ4v) is 1.84. The molecule has 0 aliphatic carbocycles. The molecule has 0 aliphatic rings. The van der Waals surface area contributed by atoms with Crippen LogP contribution >= 0.6 is 0 Å². The number of nitro groups is 1. The van der Waals surface area contributed by atoms with E-state index in [-0.39, 0.29) is 11.6 Å². The molecule has 0 fully saturated rings. The van der Waals surface area contributed by atoms with Gasteiger partial charge in [0.15, 0.2) is 5.82 Å². The van der Waals surface area contributed by atoms with Crippen molar-refractivity contribution in [2.24, 2.45) is 0 Å². The van der Waals surface area contributed by atoms with E-state index in [0.717, 1.165) is 16.8 Å². The largest absolute Gasteiger partial charge is 0.382 e. The first-order valence-electron chi connectivity index (χ1n) is 5.59. The Morgan fingerprint density at radius 1 is 1.33 bits per heavy atom. The van der Waals surface area contributed by atoms with Gasteiger partial charge in [-0.25, -0.2) is 0 Å². The summed E-state index contributed by atoms with van der Waals surface area (Å²) in [7, 11) is 0. The van der Waals surface area contributed by atoms with Crippen LogP contribution in [0.4, 0.5) is 11.5 Å². The number of nitrogen functional groups attached to an aromatic ring is 1. The summed E-state index contributed by atoms with van der Waals surface area (Å²) in [6.45, 7) is 4.06. The molecule has 94 valence electrons. The van der Waals surface area contributed by atoms with Gasteiger partial charge in [-0.15, -0.1) is 0 Å². The van der Waals surface area contributed by atoms with Crippen molar-refractivity contribution in [3.8, 4) is 11.1 Å². The van der Waals surface area contributed by atoms with Gasteiger partial charge in [0, 0.05) is 23.4 Å². The molecule has 18 heavy (non-hydrogen) atoms. The smallest absolute Gasteiger partial charge is 0.269 e. The molecule has 0 bridgehead atoms. The second-order valence-electron chi connectivity index (χ2n) is 4.36. The number of aromatic amines is 1. The van der Waals surface area contributed by atoms with Gasteiger partial charge in [0.05, 0.1) is 4.92 Å². The molecule has 0 amide bonds. The van der Waals surface area contributed by atoms with Crippen LogP contribution in [0, 0.1) is 10.1 Å². The monoisotopic (exact) mass is 246 g/mol. The third-order valence-electron chi connectivity index (χ3n) is 2.77. The number of benzene rings is 1. The Labute approximate surface area is 104 Å². The maximum absolute atomic E-state index is 10.6. The number of nitrogens with zero attached hydrogens (tertiary/aromatic N) is 2. The van der Waals surface area contributed by atoms with Crippen LogP contribution in [0.5, 0.6) is 0 Å². The zero-order valence-corrected chi connectivity index (χ0v) is 10.2. The second-order valence-corrected chi connectivity index (χ2v) is 4.36. The summed E-state index contributed by atoms with van der Waals surface area (Å²) < 4.78 is 0. The Bertz CT molecular complexity index is 572. The summed E-state index contributed by atoms with van der Waals surface area (Å²) in [5.41, 5.74) is 8.48. The van der Waals surface area contributed by atoms with Gasteiger partial charge in [0.1, 0.15) is 0 Å². The van der Waals surface area contributed by atoms with Gasteiger partial charge in [-0.1, -0.05) is 13.8 Å². The van der Waals surface area contributed by atoms with Crippen molar-refractivity contribution in [3.05, 3.63) is 40.1 Å². The Morgan fingerprint density at radius 3 is 2.44 bits per heavy atom. The fourth-order valence-electron chi connectivity index (χ4n) is 1.84. The Kier molecular flexibility index (Phi) is 3.01. The molecular formula is C12H14N4O2. The Balaban J connectivity index is 2.48. The SMILES string of the molecule is CC(C)c1[nH]nc(N)c1-c1ccc([N+](=O)[O-])cc1. The van der Waals surface area contributed by atoms with Crippen LogP contribution in [0.15, 0.2) is 24.3 Å². The van der Waals surface area contributed by atoms with E-state index in [1.807, 2.05) is 13.8 Å². The fraction of sp³-hybridized carbons (Fsp3) is 0.250. The summed E-state index contributed by atoms with van der Waals surface area (Å²) in [6, 6.07) is 6.30. The van der Waals surface area contributed by atoms with E-state index in [1.54, 1.807) is 12.1 Å². The number of nitrogens with two attached hydrogens (primary N) is 1. The van der Waals surface area contributed by atoms with Gasteiger partial charge in [-0.2, -0.15) is 5.10 Å². The maximum atomic E-state index is 10.6. The number of rotatable bonds is 3. The van der Waals surface area contributed by atoms with Gasteiger partial charge in [0.25, 0.3) is 5.69 Å². The normalized spacial score (nSPS) is 10.8. The molecule has 6 heteroatoms. The van der Waals surface area contributed by atoms with Crippen molar-refractivity contribution in [2.75, 3.05) is 5.73 Å². The van der Waals surface area contributed by atoms with E-state index < -0.39 is 4.92 Å². The molecule has 0 atom stereocenters. The van der Waals surface area contributed by atoms with Gasteiger partial charge in [-0.05, 0) is 23.6 Å². The number of hydrogen-bond acceptors (Lipinski definition) is 4. The van der Waals surface area contributed by atoms with Crippen molar-refractivity contribution in [1.29, 1.82) is 0 Å². The van der Waals surface area contributed by atoms with E-state index in [0.29, 0.717) is 5.82 Å².